The molecule has 2 heterocycles. The molecular formula is C28H28N4O6. The van der Waals surface area contributed by atoms with E-state index in [0.29, 0.717) is 16.7 Å². The summed E-state index contributed by atoms with van der Waals surface area (Å²) in [5.74, 6) is -1.65. The van der Waals surface area contributed by atoms with Gasteiger partial charge in [0.25, 0.3) is 0 Å². The molecule has 10 heteroatoms. The lowest BCUT2D eigenvalue weighted by molar-refractivity contribution is -0.140. The topological polar surface area (TPSA) is 137 Å². The van der Waals surface area contributed by atoms with Gasteiger partial charge in [-0.3, -0.25) is 4.79 Å². The lowest BCUT2D eigenvalue weighted by Crippen LogP contribution is -2.56. The number of amides is 1. The summed E-state index contributed by atoms with van der Waals surface area (Å²) in [6, 6.07) is 18.3. The zero-order chi connectivity index (χ0) is 27.2. The molecule has 0 bridgehead atoms. The summed E-state index contributed by atoms with van der Waals surface area (Å²) >= 11 is 0. The molecule has 0 saturated heterocycles. The molecule has 1 aromatic heterocycles. The molecule has 38 heavy (non-hydrogen) atoms. The molecule has 1 fully saturated rings. The van der Waals surface area contributed by atoms with E-state index < -0.39 is 29.1 Å². The highest BCUT2D eigenvalue weighted by molar-refractivity contribution is 5.83. The van der Waals surface area contributed by atoms with E-state index in [2.05, 4.69) is 16.5 Å². The second-order valence-electron chi connectivity index (χ2n) is 9.59. The van der Waals surface area contributed by atoms with E-state index >= 15 is 0 Å². The van der Waals surface area contributed by atoms with Crippen molar-refractivity contribution in [1.29, 1.82) is 5.26 Å². The van der Waals surface area contributed by atoms with Crippen molar-refractivity contribution >= 4 is 5.91 Å². The van der Waals surface area contributed by atoms with Gasteiger partial charge >= 0.3 is 0 Å². The molecule has 0 radical (unpaired) electrons. The molecule has 0 unspecified atom stereocenters. The fourth-order valence-electron chi connectivity index (χ4n) is 6.10. The third-order valence-corrected chi connectivity index (χ3v) is 7.62. The number of fused-ring (bicyclic) bond motifs is 3. The van der Waals surface area contributed by atoms with Crippen molar-refractivity contribution in [2.45, 2.75) is 23.2 Å². The van der Waals surface area contributed by atoms with Crippen molar-refractivity contribution in [3.63, 3.8) is 0 Å². The minimum Gasteiger partial charge on any atom is -0.481 e. The number of ether oxygens (including phenoxy) is 3. The second-order valence-corrected chi connectivity index (χ2v) is 9.59. The van der Waals surface area contributed by atoms with Crippen molar-refractivity contribution in [3.05, 3.63) is 82.9 Å². The van der Waals surface area contributed by atoms with Crippen LogP contribution in [0.15, 0.2) is 60.7 Å². The minimum absolute atomic E-state index is 0.0300. The summed E-state index contributed by atoms with van der Waals surface area (Å²) in [7, 11) is 6.09. The summed E-state index contributed by atoms with van der Waals surface area (Å²) in [6.07, 6.45) is 0. The van der Waals surface area contributed by atoms with Gasteiger partial charge in [-0.25, -0.2) is 0 Å². The first kappa shape index (κ1) is 25.5. The highest BCUT2D eigenvalue weighted by Gasteiger charge is 2.78. The molecule has 5 rings (SSSR count). The second kappa shape index (κ2) is 9.29. The molecule has 1 amide bonds. The fourth-order valence-corrected chi connectivity index (χ4v) is 6.10. The predicted octanol–water partition coefficient (Wildman–Crippen LogP) is 2.30. The number of hydrogen-bond acceptors (Lipinski definition) is 9. The van der Waals surface area contributed by atoms with Crippen molar-refractivity contribution in [3.8, 4) is 23.6 Å². The van der Waals surface area contributed by atoms with Crippen LogP contribution in [0.4, 0.5) is 0 Å². The van der Waals surface area contributed by atoms with Crippen molar-refractivity contribution < 1.29 is 29.3 Å². The first-order chi connectivity index (χ1) is 18.3. The van der Waals surface area contributed by atoms with Crippen molar-refractivity contribution in [2.75, 3.05) is 28.3 Å². The molecule has 196 valence electrons. The zero-order valence-corrected chi connectivity index (χ0v) is 21.4. The molecule has 10 nitrogen and oxygen atoms in total. The van der Waals surface area contributed by atoms with Crippen LogP contribution in [-0.2, 0) is 16.0 Å². The van der Waals surface area contributed by atoms with Crippen LogP contribution in [0, 0.1) is 17.2 Å². The molecule has 1 saturated carbocycles. The van der Waals surface area contributed by atoms with Gasteiger partial charge in [-0.05, 0) is 23.3 Å². The molecule has 3 aromatic rings. The average Bonchev–Trinajstić information content (AvgIpc) is 3.34. The number of aliphatic hydroxyl groups is 1. The van der Waals surface area contributed by atoms with Gasteiger partial charge in [0.2, 0.25) is 17.7 Å². The Labute approximate surface area is 220 Å². The van der Waals surface area contributed by atoms with Crippen LogP contribution in [0.25, 0.3) is 0 Å². The normalized spacial score (nSPS) is 27.0. The Morgan fingerprint density at radius 3 is 2.37 bits per heavy atom. The summed E-state index contributed by atoms with van der Waals surface area (Å²) in [5, 5.41) is 33.0. The van der Waals surface area contributed by atoms with Crippen LogP contribution in [0.3, 0.4) is 0 Å². The highest BCUT2D eigenvalue weighted by atomic mass is 16.5. The summed E-state index contributed by atoms with van der Waals surface area (Å²) < 4.78 is 17.7. The predicted molar refractivity (Wildman–Crippen MR) is 135 cm³/mol. The number of nitrogens with one attached hydrogen (secondary N) is 1. The number of methoxy groups -OCH3 is 2. The Morgan fingerprint density at radius 2 is 1.82 bits per heavy atom. The van der Waals surface area contributed by atoms with Gasteiger partial charge in [0, 0.05) is 26.1 Å². The van der Waals surface area contributed by atoms with Gasteiger partial charge in [-0.15, -0.1) is 0 Å². The number of pyridine rings is 1. The number of hydroxylamine groups is 1. The smallest absolute Gasteiger partial charge is 0.227 e. The number of carbonyl (C=O) groups excluding carboxylic acids is 1. The number of hydrogen-bond donors (Lipinski definition) is 3. The summed E-state index contributed by atoms with van der Waals surface area (Å²) in [5.41, 5.74) is 0.337. The van der Waals surface area contributed by atoms with Gasteiger partial charge in [0.1, 0.15) is 5.75 Å². The lowest BCUT2D eigenvalue weighted by Gasteiger charge is -2.41. The first-order valence-electron chi connectivity index (χ1n) is 12.0. The van der Waals surface area contributed by atoms with Crippen molar-refractivity contribution in [1.82, 2.24) is 15.4 Å². The van der Waals surface area contributed by atoms with E-state index in [4.69, 9.17) is 14.2 Å². The maximum Gasteiger partial charge on any atom is 0.227 e. The van der Waals surface area contributed by atoms with Gasteiger partial charge < -0.3 is 29.4 Å². The quantitative estimate of drug-likeness (QED) is 0.422. The minimum atomic E-state index is -2.06. The van der Waals surface area contributed by atoms with E-state index in [0.717, 1.165) is 0 Å². The molecular weight excluding hydrogens is 488 g/mol. The average molecular weight is 517 g/mol. The molecule has 1 aliphatic heterocycles. The maximum atomic E-state index is 13.8. The number of nitrogens with zero attached hydrogens (tertiary/aromatic N) is 3. The Morgan fingerprint density at radius 1 is 1.13 bits per heavy atom. The summed E-state index contributed by atoms with van der Waals surface area (Å²) in [4.78, 5) is 19.6. The number of carbonyl (C=O) groups is 1. The SMILES string of the molecule is COc1cc2c(c(OC)n1)[C@]1(O)[C@H](NO)[C@H](C(=O)N(C)C)[C@@H](c3ccccc3)[C@]1(c1ccc(C#N)cc1)O2. The van der Waals surface area contributed by atoms with E-state index in [1.165, 1.54) is 19.1 Å². The molecule has 2 aliphatic rings. The van der Waals surface area contributed by atoms with Crippen LogP contribution >= 0.6 is 0 Å². The first-order valence-corrected chi connectivity index (χ1v) is 12.0. The van der Waals surface area contributed by atoms with Gasteiger partial charge in [0.15, 0.2) is 11.2 Å². The zero-order valence-electron chi connectivity index (χ0n) is 21.4. The van der Waals surface area contributed by atoms with Crippen LogP contribution in [-0.4, -0.2) is 60.5 Å². The molecule has 5 atom stereocenters. The van der Waals surface area contributed by atoms with E-state index in [-0.39, 0.29) is 29.0 Å². The number of nitriles is 1. The molecule has 1 aliphatic carbocycles. The third kappa shape index (κ3) is 3.29. The Hall–Kier alpha value is -4.17. The van der Waals surface area contributed by atoms with Crippen LogP contribution in [0.2, 0.25) is 0 Å². The number of benzene rings is 2. The van der Waals surface area contributed by atoms with Gasteiger partial charge in [-0.1, -0.05) is 42.5 Å². The third-order valence-electron chi connectivity index (χ3n) is 7.62. The van der Waals surface area contributed by atoms with Crippen molar-refractivity contribution in [2.24, 2.45) is 5.92 Å². The van der Waals surface area contributed by atoms with E-state index in [1.54, 1.807) is 44.4 Å². The van der Waals surface area contributed by atoms with E-state index in [9.17, 15) is 20.4 Å². The molecule has 2 aromatic carbocycles. The van der Waals surface area contributed by atoms with Crippen LogP contribution in [0.1, 0.15) is 28.2 Å². The Balaban J connectivity index is 1.92. The largest absolute Gasteiger partial charge is 0.481 e. The maximum absolute atomic E-state index is 13.8. The summed E-state index contributed by atoms with van der Waals surface area (Å²) in [6.45, 7) is 0. The highest BCUT2D eigenvalue weighted by Crippen LogP contribution is 2.70. The van der Waals surface area contributed by atoms with Crippen LogP contribution in [0.5, 0.6) is 17.5 Å². The van der Waals surface area contributed by atoms with Gasteiger partial charge in [-0.2, -0.15) is 15.7 Å². The Bertz CT molecular complexity index is 1410. The molecule has 3 N–H and O–H groups in total. The fraction of sp³-hybridized carbons (Fsp3) is 0.321. The number of aromatic nitrogens is 1. The monoisotopic (exact) mass is 516 g/mol. The van der Waals surface area contributed by atoms with Gasteiger partial charge in [0.05, 0.1) is 43.4 Å². The van der Waals surface area contributed by atoms with Crippen LogP contribution < -0.4 is 19.7 Å². The lowest BCUT2D eigenvalue weighted by atomic mass is 9.70. The number of rotatable bonds is 6. The Kier molecular flexibility index (Phi) is 6.23. The standard InChI is InChI=1S/C28H28N4O6/c1-32(2)26(33)21-22(17-8-6-5-7-9-17)28(18-12-10-16(15-29)11-13-18)27(34,24(21)31-35)23-19(38-28)14-20(36-3)30-25(23)37-4/h5-14,21-22,24,31,34-35H,1-4H3/t21-,22-,24-,27+,28+/m1/s1. The molecule has 0 spiro atoms. The van der Waals surface area contributed by atoms with E-state index in [1.807, 2.05) is 30.3 Å².